The lowest BCUT2D eigenvalue weighted by Crippen LogP contribution is -2.09. The van der Waals surface area contributed by atoms with Crippen molar-refractivity contribution in [3.8, 4) is 11.5 Å². The highest BCUT2D eigenvalue weighted by atomic mass is 79.9. The van der Waals surface area contributed by atoms with Gasteiger partial charge < -0.3 is 9.47 Å². The third-order valence-corrected chi connectivity index (χ3v) is 5.08. The minimum Gasteiger partial charge on any atom is -0.493 e. The number of carbonyl (C=O) groups is 2. The Hall–Kier alpha value is -2.70. The standard InChI is InChI=1S/C23H16Br2O4/c1-28-22-14-15(2-12-20(26)16-4-8-18(24)9-5-16)3-13-21(22)29-23(27)17-6-10-19(25)11-7-17/h2-14H,1H3. The summed E-state index contributed by atoms with van der Waals surface area (Å²) in [6.45, 7) is 0. The van der Waals surface area contributed by atoms with E-state index in [0.29, 0.717) is 22.6 Å². The molecule has 29 heavy (non-hydrogen) atoms. The lowest BCUT2D eigenvalue weighted by Gasteiger charge is -2.10. The number of hydrogen-bond donors (Lipinski definition) is 0. The second kappa shape index (κ2) is 9.67. The Morgan fingerprint density at radius 1 is 0.793 bits per heavy atom. The predicted molar refractivity (Wildman–Crippen MR) is 120 cm³/mol. The van der Waals surface area contributed by atoms with Crippen molar-refractivity contribution >= 4 is 49.7 Å². The van der Waals surface area contributed by atoms with E-state index in [0.717, 1.165) is 14.5 Å². The van der Waals surface area contributed by atoms with Crippen LogP contribution in [0.2, 0.25) is 0 Å². The summed E-state index contributed by atoms with van der Waals surface area (Å²) in [5.74, 6) is 0.109. The molecule has 4 nitrogen and oxygen atoms in total. The SMILES string of the molecule is COc1cc(C=CC(=O)c2ccc(Br)cc2)ccc1OC(=O)c1ccc(Br)cc1. The molecule has 0 amide bonds. The lowest BCUT2D eigenvalue weighted by molar-refractivity contribution is 0.0729. The molecule has 0 saturated heterocycles. The minimum absolute atomic E-state index is 0.109. The van der Waals surface area contributed by atoms with Crippen LogP contribution in [0.4, 0.5) is 0 Å². The third kappa shape index (κ3) is 5.65. The van der Waals surface area contributed by atoms with Gasteiger partial charge in [0.2, 0.25) is 0 Å². The van der Waals surface area contributed by atoms with Crippen LogP contribution in [0.25, 0.3) is 6.08 Å². The highest BCUT2D eigenvalue weighted by Crippen LogP contribution is 2.29. The number of esters is 1. The van der Waals surface area contributed by atoms with Crippen LogP contribution in [-0.4, -0.2) is 18.9 Å². The van der Waals surface area contributed by atoms with E-state index >= 15 is 0 Å². The molecule has 0 aliphatic heterocycles. The topological polar surface area (TPSA) is 52.6 Å². The number of allylic oxidation sites excluding steroid dienone is 1. The Kier molecular flexibility index (Phi) is 7.01. The van der Waals surface area contributed by atoms with Crippen LogP contribution in [-0.2, 0) is 0 Å². The number of benzene rings is 3. The summed E-state index contributed by atoms with van der Waals surface area (Å²) in [4.78, 5) is 24.6. The zero-order valence-electron chi connectivity index (χ0n) is 15.4. The molecule has 0 saturated carbocycles. The monoisotopic (exact) mass is 514 g/mol. The van der Waals surface area contributed by atoms with Crippen LogP contribution in [0, 0.1) is 0 Å². The summed E-state index contributed by atoms with van der Waals surface area (Å²) >= 11 is 6.68. The van der Waals surface area contributed by atoms with Gasteiger partial charge in [0.25, 0.3) is 0 Å². The molecular formula is C23H16Br2O4. The Morgan fingerprint density at radius 3 is 1.97 bits per heavy atom. The normalized spacial score (nSPS) is 10.7. The van der Waals surface area contributed by atoms with Gasteiger partial charge in [0.1, 0.15) is 0 Å². The second-order valence-electron chi connectivity index (χ2n) is 6.01. The van der Waals surface area contributed by atoms with E-state index in [1.165, 1.54) is 13.2 Å². The first-order chi connectivity index (χ1) is 14.0. The largest absolute Gasteiger partial charge is 0.493 e. The first kappa shape index (κ1) is 21.0. The zero-order valence-corrected chi connectivity index (χ0v) is 18.6. The maximum absolute atomic E-state index is 12.3. The van der Waals surface area contributed by atoms with Crippen LogP contribution in [0.1, 0.15) is 26.3 Å². The number of ether oxygens (including phenoxy) is 2. The molecular weight excluding hydrogens is 500 g/mol. The van der Waals surface area contributed by atoms with E-state index in [9.17, 15) is 9.59 Å². The molecule has 0 aromatic heterocycles. The molecule has 0 bridgehead atoms. The number of ketones is 1. The number of methoxy groups -OCH3 is 1. The molecule has 0 unspecified atom stereocenters. The number of hydrogen-bond acceptors (Lipinski definition) is 4. The fraction of sp³-hybridized carbons (Fsp3) is 0.0435. The Morgan fingerprint density at radius 2 is 1.38 bits per heavy atom. The van der Waals surface area contributed by atoms with Crippen molar-refractivity contribution in [1.82, 2.24) is 0 Å². The summed E-state index contributed by atoms with van der Waals surface area (Å²) in [5, 5.41) is 0. The van der Waals surface area contributed by atoms with Crippen LogP contribution < -0.4 is 9.47 Å². The van der Waals surface area contributed by atoms with Crippen LogP contribution in [0.5, 0.6) is 11.5 Å². The fourth-order valence-corrected chi connectivity index (χ4v) is 3.03. The maximum Gasteiger partial charge on any atom is 0.343 e. The molecule has 0 spiro atoms. The van der Waals surface area contributed by atoms with E-state index in [1.54, 1.807) is 60.7 Å². The van der Waals surface area contributed by atoms with E-state index in [1.807, 2.05) is 12.1 Å². The summed E-state index contributed by atoms with van der Waals surface area (Å²) in [6.07, 6.45) is 3.18. The minimum atomic E-state index is -0.482. The average Bonchev–Trinajstić information content (AvgIpc) is 2.73. The van der Waals surface area contributed by atoms with Crippen LogP contribution in [0.15, 0.2) is 81.8 Å². The highest BCUT2D eigenvalue weighted by Gasteiger charge is 2.13. The van der Waals surface area contributed by atoms with E-state index in [-0.39, 0.29) is 5.78 Å². The number of carbonyl (C=O) groups excluding carboxylic acids is 2. The average molecular weight is 516 g/mol. The second-order valence-corrected chi connectivity index (χ2v) is 7.84. The van der Waals surface area contributed by atoms with Gasteiger partial charge in [0, 0.05) is 14.5 Å². The molecule has 0 atom stereocenters. The molecule has 3 aromatic rings. The third-order valence-electron chi connectivity index (χ3n) is 4.03. The van der Waals surface area contributed by atoms with Gasteiger partial charge >= 0.3 is 5.97 Å². The van der Waals surface area contributed by atoms with E-state index in [4.69, 9.17) is 9.47 Å². The van der Waals surface area contributed by atoms with Gasteiger partial charge in [-0.1, -0.05) is 44.0 Å². The summed E-state index contributed by atoms with van der Waals surface area (Å²) in [6, 6.07) is 19.1. The molecule has 3 aromatic carbocycles. The Labute approximate surface area is 185 Å². The van der Waals surface area contributed by atoms with Gasteiger partial charge in [0.05, 0.1) is 12.7 Å². The van der Waals surface area contributed by atoms with Crippen molar-refractivity contribution in [2.45, 2.75) is 0 Å². The molecule has 0 aliphatic carbocycles. The quantitative estimate of drug-likeness (QED) is 0.166. The van der Waals surface area contributed by atoms with Gasteiger partial charge in [-0.3, -0.25) is 4.79 Å². The molecule has 3 rings (SSSR count). The van der Waals surface area contributed by atoms with Gasteiger partial charge in [-0.15, -0.1) is 0 Å². The highest BCUT2D eigenvalue weighted by molar-refractivity contribution is 9.10. The van der Waals surface area contributed by atoms with Crippen molar-refractivity contribution in [1.29, 1.82) is 0 Å². The molecule has 146 valence electrons. The lowest BCUT2D eigenvalue weighted by atomic mass is 10.1. The van der Waals surface area contributed by atoms with Crippen LogP contribution >= 0.6 is 31.9 Å². The van der Waals surface area contributed by atoms with Gasteiger partial charge in [-0.25, -0.2) is 4.79 Å². The maximum atomic E-state index is 12.3. The van der Waals surface area contributed by atoms with E-state index in [2.05, 4.69) is 31.9 Å². The van der Waals surface area contributed by atoms with Gasteiger partial charge in [0.15, 0.2) is 17.3 Å². The molecule has 0 fully saturated rings. The zero-order chi connectivity index (χ0) is 20.8. The molecule has 0 aliphatic rings. The summed E-state index contributed by atoms with van der Waals surface area (Å²) in [5.41, 5.74) is 1.77. The Balaban J connectivity index is 1.74. The summed E-state index contributed by atoms with van der Waals surface area (Å²) in [7, 11) is 1.49. The summed E-state index contributed by atoms with van der Waals surface area (Å²) < 4.78 is 12.6. The first-order valence-corrected chi connectivity index (χ1v) is 10.2. The molecule has 6 heteroatoms. The van der Waals surface area contributed by atoms with Crippen LogP contribution in [0.3, 0.4) is 0 Å². The van der Waals surface area contributed by atoms with Crippen molar-refractivity contribution < 1.29 is 19.1 Å². The number of halogens is 2. The van der Waals surface area contributed by atoms with Gasteiger partial charge in [-0.2, -0.15) is 0 Å². The smallest absolute Gasteiger partial charge is 0.343 e. The number of rotatable bonds is 6. The molecule has 0 N–H and O–H groups in total. The fourth-order valence-electron chi connectivity index (χ4n) is 2.50. The first-order valence-electron chi connectivity index (χ1n) is 8.60. The molecule has 0 radical (unpaired) electrons. The van der Waals surface area contributed by atoms with Crippen molar-refractivity contribution in [2.24, 2.45) is 0 Å². The van der Waals surface area contributed by atoms with Crippen molar-refractivity contribution in [2.75, 3.05) is 7.11 Å². The van der Waals surface area contributed by atoms with E-state index < -0.39 is 5.97 Å². The van der Waals surface area contributed by atoms with Crippen molar-refractivity contribution in [3.05, 3.63) is 98.4 Å². The van der Waals surface area contributed by atoms with Gasteiger partial charge in [-0.05, 0) is 72.3 Å². The Bertz CT molecular complexity index is 1060. The predicted octanol–water partition coefficient (Wildman–Crippen LogP) is 6.34. The van der Waals surface area contributed by atoms with Crippen molar-refractivity contribution in [3.63, 3.8) is 0 Å². The molecule has 0 heterocycles.